The number of phenols is 1. The smallest absolute Gasteiger partial charge is 0.341 e. The van der Waals surface area contributed by atoms with Gasteiger partial charge < -0.3 is 34.3 Å². The van der Waals surface area contributed by atoms with E-state index in [1.54, 1.807) is 36.4 Å². The van der Waals surface area contributed by atoms with Crippen molar-refractivity contribution in [1.29, 1.82) is 0 Å². The zero-order valence-electron chi connectivity index (χ0n) is 19.2. The molecule has 9 nitrogen and oxygen atoms in total. The number of hydrogen-bond donors (Lipinski definition) is 3. The fourth-order valence-electron chi connectivity index (χ4n) is 5.00. The third kappa shape index (κ3) is 4.69. The Balaban J connectivity index is 0.00000304. The Hall–Kier alpha value is -3.04. The molecule has 0 saturated carbocycles. The molecule has 10 heteroatoms. The van der Waals surface area contributed by atoms with Crippen molar-refractivity contribution in [3.8, 4) is 28.7 Å². The number of hydrogen-bond acceptors (Lipinski definition) is 7. The van der Waals surface area contributed by atoms with Crippen LogP contribution < -0.4 is 18.9 Å². The van der Waals surface area contributed by atoms with Crippen LogP contribution in [0.2, 0.25) is 0 Å². The monoisotopic (exact) mass is 619 g/mol. The average Bonchev–Trinajstić information content (AvgIpc) is 3.44. The minimum Gasteiger partial charge on any atom is -0.508 e. The number of ether oxygens (including phenoxy) is 4. The van der Waals surface area contributed by atoms with Gasteiger partial charge in [0.25, 0.3) is 0 Å². The molecule has 183 valence electrons. The zero-order chi connectivity index (χ0) is 24.7. The SMILES string of the molecule is COc1ccc(C2c3cc(O)ccc3C(c3ccc4c(c3)OCO4)C2C(=O)O)c(OCC(=O)O)c1.[Pr]. The second kappa shape index (κ2) is 10.5. The number of benzene rings is 3. The minimum atomic E-state index is -1.17. The maximum atomic E-state index is 12.8. The molecule has 3 atom stereocenters. The molecule has 5 rings (SSSR count). The van der Waals surface area contributed by atoms with Gasteiger partial charge >= 0.3 is 11.9 Å². The van der Waals surface area contributed by atoms with Crippen molar-refractivity contribution in [2.24, 2.45) is 5.92 Å². The summed E-state index contributed by atoms with van der Waals surface area (Å²) in [6.45, 7) is -0.516. The molecular weight excluding hydrogens is 597 g/mol. The van der Waals surface area contributed by atoms with E-state index in [4.69, 9.17) is 24.1 Å². The van der Waals surface area contributed by atoms with Crippen LogP contribution in [0, 0.1) is 47.2 Å². The first kappa shape index (κ1) is 26.0. The van der Waals surface area contributed by atoms with Gasteiger partial charge in [0.1, 0.15) is 17.2 Å². The third-order valence-corrected chi connectivity index (χ3v) is 6.41. The van der Waals surface area contributed by atoms with E-state index in [0.717, 1.165) is 11.1 Å². The Morgan fingerprint density at radius 3 is 2.39 bits per heavy atom. The predicted molar refractivity (Wildman–Crippen MR) is 122 cm³/mol. The van der Waals surface area contributed by atoms with E-state index in [1.165, 1.54) is 19.2 Å². The van der Waals surface area contributed by atoms with Gasteiger partial charge in [0.05, 0.1) is 13.0 Å². The topological polar surface area (TPSA) is 132 Å². The number of carboxylic acids is 2. The maximum absolute atomic E-state index is 12.8. The number of rotatable bonds is 7. The number of methoxy groups -OCH3 is 1. The van der Waals surface area contributed by atoms with E-state index in [9.17, 15) is 19.8 Å². The first-order valence-electron chi connectivity index (χ1n) is 10.8. The molecule has 1 heterocycles. The van der Waals surface area contributed by atoms with Gasteiger partial charge in [-0.05, 0) is 47.0 Å². The second-order valence-corrected chi connectivity index (χ2v) is 8.33. The molecule has 0 fully saturated rings. The summed E-state index contributed by atoms with van der Waals surface area (Å²) in [6, 6.07) is 15.0. The van der Waals surface area contributed by atoms with Crippen LogP contribution in [-0.4, -0.2) is 47.8 Å². The van der Waals surface area contributed by atoms with Gasteiger partial charge in [-0.15, -0.1) is 0 Å². The molecule has 3 unspecified atom stereocenters. The fraction of sp³-hybridized carbons (Fsp3) is 0.231. The molecule has 36 heavy (non-hydrogen) atoms. The van der Waals surface area contributed by atoms with Crippen LogP contribution in [0.1, 0.15) is 34.1 Å². The molecule has 0 aromatic heterocycles. The number of carbonyl (C=O) groups is 2. The average molecular weight is 619 g/mol. The number of fused-ring (bicyclic) bond motifs is 2. The Bertz CT molecular complexity index is 1320. The fourth-order valence-corrected chi connectivity index (χ4v) is 5.00. The van der Waals surface area contributed by atoms with Crippen LogP contribution >= 0.6 is 0 Å². The van der Waals surface area contributed by atoms with Crippen molar-refractivity contribution in [3.63, 3.8) is 0 Å². The van der Waals surface area contributed by atoms with Crippen molar-refractivity contribution in [3.05, 3.63) is 76.9 Å². The quantitative estimate of drug-likeness (QED) is 0.363. The molecule has 1 aliphatic heterocycles. The normalized spacial score (nSPS) is 19.2. The number of phenolic OH excluding ortho intramolecular Hbond substituents is 1. The van der Waals surface area contributed by atoms with Crippen molar-refractivity contribution in [1.82, 2.24) is 0 Å². The Morgan fingerprint density at radius 1 is 0.917 bits per heavy atom. The van der Waals surface area contributed by atoms with Crippen LogP contribution in [0.25, 0.3) is 0 Å². The van der Waals surface area contributed by atoms with Gasteiger partial charge in [-0.25, -0.2) is 4.79 Å². The molecular formula is C26H22O9Pr. The van der Waals surface area contributed by atoms with Gasteiger partial charge in [-0.2, -0.15) is 0 Å². The van der Waals surface area contributed by atoms with Crippen molar-refractivity contribution in [2.45, 2.75) is 11.8 Å². The molecule has 0 bridgehead atoms. The molecule has 1 radical (unpaired) electrons. The van der Waals surface area contributed by atoms with Gasteiger partial charge in [-0.3, -0.25) is 4.79 Å². The second-order valence-electron chi connectivity index (χ2n) is 8.33. The van der Waals surface area contributed by atoms with E-state index in [1.807, 2.05) is 6.07 Å². The maximum Gasteiger partial charge on any atom is 0.341 e. The Kier molecular flexibility index (Phi) is 7.61. The van der Waals surface area contributed by atoms with Gasteiger partial charge in [0, 0.05) is 64.8 Å². The molecule has 0 spiro atoms. The molecule has 1 aliphatic carbocycles. The largest absolute Gasteiger partial charge is 0.508 e. The van der Waals surface area contributed by atoms with Crippen molar-refractivity contribution < 1.29 is 85.1 Å². The van der Waals surface area contributed by atoms with Crippen LogP contribution in [-0.2, 0) is 9.59 Å². The summed E-state index contributed by atoms with van der Waals surface area (Å²) < 4.78 is 21.7. The number of carboxylic acid groups (broad SMARTS) is 2. The Morgan fingerprint density at radius 2 is 1.67 bits per heavy atom. The minimum absolute atomic E-state index is 0. The molecule has 3 N–H and O–H groups in total. The summed E-state index contributed by atoms with van der Waals surface area (Å²) in [5.74, 6) is -2.77. The van der Waals surface area contributed by atoms with Gasteiger partial charge in [-0.1, -0.05) is 18.2 Å². The summed E-state index contributed by atoms with van der Waals surface area (Å²) in [5.41, 5.74) is 2.55. The number of aromatic hydroxyl groups is 1. The van der Waals surface area contributed by atoms with Crippen LogP contribution in [0.15, 0.2) is 54.6 Å². The molecule has 3 aromatic rings. The van der Waals surface area contributed by atoms with E-state index < -0.39 is 36.3 Å². The molecule has 0 saturated heterocycles. The summed E-state index contributed by atoms with van der Waals surface area (Å²) in [5, 5.41) is 29.9. The third-order valence-electron chi connectivity index (χ3n) is 6.41. The summed E-state index contributed by atoms with van der Waals surface area (Å²) in [6.07, 6.45) is 0. The van der Waals surface area contributed by atoms with E-state index >= 15 is 0 Å². The van der Waals surface area contributed by atoms with Crippen molar-refractivity contribution >= 4 is 11.9 Å². The van der Waals surface area contributed by atoms with Gasteiger partial charge in [0.15, 0.2) is 18.1 Å². The van der Waals surface area contributed by atoms with E-state index in [-0.39, 0.29) is 59.6 Å². The van der Waals surface area contributed by atoms with E-state index in [2.05, 4.69) is 0 Å². The predicted octanol–water partition coefficient (Wildman–Crippen LogP) is 3.57. The van der Waals surface area contributed by atoms with Crippen molar-refractivity contribution in [2.75, 3.05) is 20.5 Å². The summed E-state index contributed by atoms with van der Waals surface area (Å²) >= 11 is 0. The first-order chi connectivity index (χ1) is 16.9. The molecule has 0 amide bonds. The first-order valence-corrected chi connectivity index (χ1v) is 10.8. The van der Waals surface area contributed by atoms with Crippen LogP contribution in [0.4, 0.5) is 0 Å². The summed E-state index contributed by atoms with van der Waals surface area (Å²) in [7, 11) is 1.47. The zero-order valence-corrected chi connectivity index (χ0v) is 22.9. The van der Waals surface area contributed by atoms with Crippen LogP contribution in [0.5, 0.6) is 28.7 Å². The Labute approximate surface area is 239 Å². The summed E-state index contributed by atoms with van der Waals surface area (Å²) in [4.78, 5) is 24.0. The number of aliphatic carboxylic acids is 2. The van der Waals surface area contributed by atoms with Crippen LogP contribution in [0.3, 0.4) is 0 Å². The standard InChI is InChI=1S/C26H22O9.Pr/c1-32-15-4-6-17(20(10-15)33-11-22(28)29)24-18-9-14(27)3-5-16(18)23(25(24)26(30)31)13-2-7-19-21(8-13)35-12-34-19;/h2-10,23-25,27H,11-12H2,1H3,(H,28,29)(H,30,31);. The van der Waals surface area contributed by atoms with Gasteiger partial charge in [0.2, 0.25) is 6.79 Å². The van der Waals surface area contributed by atoms with E-state index in [0.29, 0.717) is 28.4 Å². The molecule has 2 aliphatic rings. The molecule has 3 aromatic carbocycles.